The van der Waals surface area contributed by atoms with Gasteiger partial charge in [-0.2, -0.15) is 0 Å². The van der Waals surface area contributed by atoms with Crippen molar-refractivity contribution in [1.82, 2.24) is 9.13 Å². The summed E-state index contributed by atoms with van der Waals surface area (Å²) in [5, 5.41) is 0. The smallest absolute Gasteiger partial charge is 0.332 e. The molecule has 0 amide bonds. The molecule has 32 heavy (non-hydrogen) atoms. The zero-order valence-corrected chi connectivity index (χ0v) is 18.3. The summed E-state index contributed by atoms with van der Waals surface area (Å²) in [5.41, 5.74) is 4.99. The van der Waals surface area contributed by atoms with E-state index in [-0.39, 0.29) is 24.3 Å². The Bertz CT molecular complexity index is 1220. The van der Waals surface area contributed by atoms with Gasteiger partial charge in [-0.3, -0.25) is 23.5 Å². The molecule has 0 saturated carbocycles. The average Bonchev–Trinajstić information content (AvgIpc) is 2.80. The van der Waals surface area contributed by atoms with Crippen LogP contribution in [0.5, 0.6) is 0 Å². The summed E-state index contributed by atoms with van der Waals surface area (Å²) in [5.74, 6) is -1.07. The Hall–Kier alpha value is -3.59. The highest BCUT2D eigenvalue weighted by molar-refractivity contribution is 7.99. The minimum Gasteiger partial charge on any atom is -0.457 e. The average molecular weight is 454 g/mol. The molecular formula is C23H23N3O5S. The second kappa shape index (κ2) is 10.6. The van der Waals surface area contributed by atoms with E-state index in [4.69, 9.17) is 10.5 Å². The van der Waals surface area contributed by atoms with E-state index < -0.39 is 29.6 Å². The van der Waals surface area contributed by atoms with Gasteiger partial charge in [0.25, 0.3) is 5.56 Å². The van der Waals surface area contributed by atoms with Gasteiger partial charge >= 0.3 is 11.7 Å². The fourth-order valence-corrected chi connectivity index (χ4v) is 3.88. The zero-order valence-electron chi connectivity index (χ0n) is 17.5. The standard InChI is InChI=1S/C23H23N3O5S/c1-25-22(29)20(21(24)26(23(25)30)14-16-8-4-2-5-9-16)18(27)15-31-19(28)12-13-32-17-10-6-3-7-11-17/h2-11H,12-15,24H2,1H3. The molecule has 0 fully saturated rings. The maximum absolute atomic E-state index is 12.7. The zero-order chi connectivity index (χ0) is 23.1. The topological polar surface area (TPSA) is 113 Å². The van der Waals surface area contributed by atoms with Crippen molar-refractivity contribution in [2.45, 2.75) is 17.9 Å². The van der Waals surface area contributed by atoms with Crippen molar-refractivity contribution in [3.63, 3.8) is 0 Å². The van der Waals surface area contributed by atoms with Gasteiger partial charge in [-0.15, -0.1) is 11.8 Å². The lowest BCUT2D eigenvalue weighted by molar-refractivity contribution is -0.141. The molecule has 1 heterocycles. The normalized spacial score (nSPS) is 10.7. The lowest BCUT2D eigenvalue weighted by Crippen LogP contribution is -2.43. The summed E-state index contributed by atoms with van der Waals surface area (Å²) in [4.78, 5) is 50.8. The fraction of sp³-hybridized carbons (Fsp3) is 0.217. The van der Waals surface area contributed by atoms with Crippen molar-refractivity contribution in [3.05, 3.63) is 92.6 Å². The molecule has 166 valence electrons. The molecule has 0 unspecified atom stereocenters. The van der Waals surface area contributed by atoms with Gasteiger partial charge in [0.05, 0.1) is 13.0 Å². The Kier molecular flexibility index (Phi) is 7.67. The van der Waals surface area contributed by atoms with Crippen molar-refractivity contribution in [1.29, 1.82) is 0 Å². The Morgan fingerprint density at radius 3 is 2.28 bits per heavy atom. The monoisotopic (exact) mass is 453 g/mol. The van der Waals surface area contributed by atoms with E-state index in [9.17, 15) is 19.2 Å². The van der Waals surface area contributed by atoms with Gasteiger partial charge in [0.2, 0.25) is 5.78 Å². The molecule has 0 aliphatic heterocycles. The van der Waals surface area contributed by atoms with E-state index in [1.54, 1.807) is 24.3 Å². The number of carbonyl (C=O) groups excluding carboxylic acids is 2. The highest BCUT2D eigenvalue weighted by atomic mass is 32.2. The first-order valence-electron chi connectivity index (χ1n) is 9.88. The molecule has 1 aromatic heterocycles. The second-order valence-electron chi connectivity index (χ2n) is 6.97. The van der Waals surface area contributed by atoms with Gasteiger partial charge in [0.1, 0.15) is 11.4 Å². The molecule has 2 N–H and O–H groups in total. The van der Waals surface area contributed by atoms with Crippen molar-refractivity contribution in [2.75, 3.05) is 18.1 Å². The Morgan fingerprint density at radius 2 is 1.62 bits per heavy atom. The molecule has 2 aromatic carbocycles. The molecule has 0 spiro atoms. The van der Waals surface area contributed by atoms with Crippen LogP contribution < -0.4 is 17.0 Å². The number of esters is 1. The molecule has 0 radical (unpaired) electrons. The lowest BCUT2D eigenvalue weighted by Gasteiger charge is -2.14. The highest BCUT2D eigenvalue weighted by Gasteiger charge is 2.22. The number of benzene rings is 2. The van der Waals surface area contributed by atoms with Crippen molar-refractivity contribution in [3.8, 4) is 0 Å². The van der Waals surface area contributed by atoms with Crippen LogP contribution in [0.2, 0.25) is 0 Å². The van der Waals surface area contributed by atoms with Crippen molar-refractivity contribution >= 4 is 29.3 Å². The van der Waals surface area contributed by atoms with E-state index in [0.29, 0.717) is 5.75 Å². The molecule has 3 rings (SSSR count). The number of ketones is 1. The molecular weight excluding hydrogens is 430 g/mol. The molecule has 9 heteroatoms. The van der Waals surface area contributed by atoms with Gasteiger partial charge < -0.3 is 10.5 Å². The van der Waals surface area contributed by atoms with Gasteiger partial charge in [-0.1, -0.05) is 48.5 Å². The summed E-state index contributed by atoms with van der Waals surface area (Å²) in [6.07, 6.45) is 0.105. The Labute approximate surface area is 188 Å². The summed E-state index contributed by atoms with van der Waals surface area (Å²) in [6.45, 7) is -0.534. The van der Waals surface area contributed by atoms with Crippen LogP contribution in [-0.4, -0.2) is 33.2 Å². The van der Waals surface area contributed by atoms with E-state index >= 15 is 0 Å². The first kappa shape index (κ1) is 23.1. The number of aromatic nitrogens is 2. The van der Waals surface area contributed by atoms with Crippen LogP contribution in [0.4, 0.5) is 5.82 Å². The maximum atomic E-state index is 12.7. The minimum atomic E-state index is -0.822. The number of ether oxygens (including phenoxy) is 1. The minimum absolute atomic E-state index is 0.0937. The summed E-state index contributed by atoms with van der Waals surface area (Å²) >= 11 is 1.49. The molecule has 0 aliphatic rings. The molecule has 3 aromatic rings. The number of anilines is 1. The van der Waals surface area contributed by atoms with Gasteiger partial charge in [0.15, 0.2) is 6.61 Å². The van der Waals surface area contributed by atoms with Crippen LogP contribution in [0.1, 0.15) is 22.3 Å². The number of thioether (sulfide) groups is 1. The number of nitrogen functional groups attached to an aromatic ring is 1. The fourth-order valence-electron chi connectivity index (χ4n) is 3.02. The van der Waals surface area contributed by atoms with Crippen molar-refractivity contribution in [2.24, 2.45) is 7.05 Å². The van der Waals surface area contributed by atoms with Crippen LogP contribution in [0, 0.1) is 0 Å². The van der Waals surface area contributed by atoms with E-state index in [0.717, 1.165) is 19.6 Å². The number of hydrogen-bond acceptors (Lipinski definition) is 7. The number of nitrogens with two attached hydrogens (primary N) is 1. The molecule has 0 aliphatic carbocycles. The van der Waals surface area contributed by atoms with E-state index in [1.807, 2.05) is 36.4 Å². The van der Waals surface area contributed by atoms with E-state index in [1.165, 1.54) is 18.8 Å². The third-order valence-electron chi connectivity index (χ3n) is 4.73. The van der Waals surface area contributed by atoms with Crippen LogP contribution in [0.15, 0.2) is 75.1 Å². The summed E-state index contributed by atoms with van der Waals surface area (Å²) < 4.78 is 7.02. The molecule has 0 saturated heterocycles. The van der Waals surface area contributed by atoms with Crippen molar-refractivity contribution < 1.29 is 14.3 Å². The van der Waals surface area contributed by atoms with Gasteiger partial charge in [-0.25, -0.2) is 4.79 Å². The van der Waals surface area contributed by atoms with Gasteiger partial charge in [-0.05, 0) is 17.7 Å². The number of carbonyl (C=O) groups is 2. The summed E-state index contributed by atoms with van der Waals surface area (Å²) in [6, 6.07) is 18.6. The van der Waals surface area contributed by atoms with Crippen LogP contribution in [-0.2, 0) is 23.1 Å². The number of rotatable bonds is 9. The first-order chi connectivity index (χ1) is 15.4. The first-order valence-corrected chi connectivity index (χ1v) is 10.9. The third-order valence-corrected chi connectivity index (χ3v) is 5.74. The summed E-state index contributed by atoms with van der Waals surface area (Å²) in [7, 11) is 1.27. The Balaban J connectivity index is 1.68. The highest BCUT2D eigenvalue weighted by Crippen LogP contribution is 2.18. The number of hydrogen-bond donors (Lipinski definition) is 1. The molecule has 8 nitrogen and oxygen atoms in total. The molecule has 0 bridgehead atoms. The van der Waals surface area contributed by atoms with Crippen LogP contribution in [0.3, 0.4) is 0 Å². The quantitative estimate of drug-likeness (QED) is 0.300. The Morgan fingerprint density at radius 1 is 1.00 bits per heavy atom. The lowest BCUT2D eigenvalue weighted by atomic mass is 10.2. The number of Topliss-reactive ketones (excluding diaryl/α,β-unsaturated/α-hetero) is 1. The van der Waals surface area contributed by atoms with Crippen LogP contribution in [0.25, 0.3) is 0 Å². The predicted octanol–water partition coefficient (Wildman–Crippen LogP) is 2.09. The third kappa shape index (κ3) is 5.55. The maximum Gasteiger partial charge on any atom is 0.332 e. The van der Waals surface area contributed by atoms with Crippen LogP contribution >= 0.6 is 11.8 Å². The molecule has 0 atom stereocenters. The second-order valence-corrected chi connectivity index (χ2v) is 8.14. The van der Waals surface area contributed by atoms with E-state index in [2.05, 4.69) is 0 Å². The predicted molar refractivity (Wildman–Crippen MR) is 123 cm³/mol. The largest absolute Gasteiger partial charge is 0.457 e. The SMILES string of the molecule is Cn1c(=O)c(C(=O)COC(=O)CCSc2ccccc2)c(N)n(Cc2ccccc2)c1=O. The van der Waals surface area contributed by atoms with Gasteiger partial charge in [0, 0.05) is 17.7 Å². The number of nitrogens with zero attached hydrogens (tertiary/aromatic N) is 2.